The van der Waals surface area contributed by atoms with E-state index in [0.717, 1.165) is 19.6 Å². The smallest absolute Gasteiger partial charge is 0.00767 e. The molecule has 0 fully saturated rings. The second-order valence-corrected chi connectivity index (χ2v) is 2.38. The van der Waals surface area contributed by atoms with Crippen LogP contribution in [0, 0.1) is 7.05 Å². The van der Waals surface area contributed by atoms with Crippen molar-refractivity contribution in [1.29, 1.82) is 0 Å². The quantitative estimate of drug-likeness (QED) is 0.560. The van der Waals surface area contributed by atoms with E-state index in [4.69, 9.17) is 0 Å². The third-order valence-electron chi connectivity index (χ3n) is 1.72. The SMILES string of the molecule is [CH2]NCCCN(CC)CC. The first-order chi connectivity index (χ1) is 4.85. The molecule has 0 aliphatic heterocycles. The molecule has 0 aromatic heterocycles. The molecule has 0 saturated carbocycles. The van der Waals surface area contributed by atoms with Crippen LogP contribution in [0.25, 0.3) is 0 Å². The van der Waals surface area contributed by atoms with Gasteiger partial charge >= 0.3 is 0 Å². The van der Waals surface area contributed by atoms with Crippen molar-refractivity contribution >= 4 is 0 Å². The Hall–Kier alpha value is -0.0800. The molecule has 0 unspecified atom stereocenters. The van der Waals surface area contributed by atoms with Gasteiger partial charge in [-0.05, 0) is 32.6 Å². The summed E-state index contributed by atoms with van der Waals surface area (Å²) in [6.07, 6.45) is 1.20. The van der Waals surface area contributed by atoms with Crippen molar-refractivity contribution in [2.75, 3.05) is 26.2 Å². The molecule has 61 valence electrons. The molecule has 0 aromatic rings. The summed E-state index contributed by atoms with van der Waals surface area (Å²) in [6.45, 7) is 8.93. The van der Waals surface area contributed by atoms with Gasteiger partial charge in [-0.25, -0.2) is 0 Å². The van der Waals surface area contributed by atoms with E-state index in [-0.39, 0.29) is 0 Å². The molecule has 0 saturated heterocycles. The molecule has 0 spiro atoms. The zero-order chi connectivity index (χ0) is 7.82. The van der Waals surface area contributed by atoms with Crippen LogP contribution in [0.3, 0.4) is 0 Å². The summed E-state index contributed by atoms with van der Waals surface area (Å²) in [4.78, 5) is 2.41. The van der Waals surface area contributed by atoms with E-state index in [1.807, 2.05) is 0 Å². The zero-order valence-electron chi connectivity index (χ0n) is 7.19. The predicted molar refractivity (Wildman–Crippen MR) is 45.8 cm³/mol. The van der Waals surface area contributed by atoms with E-state index in [0.29, 0.717) is 0 Å². The summed E-state index contributed by atoms with van der Waals surface area (Å²) < 4.78 is 0. The highest BCUT2D eigenvalue weighted by Gasteiger charge is 1.95. The first-order valence-electron chi connectivity index (χ1n) is 4.07. The molecule has 0 rings (SSSR count). The highest BCUT2D eigenvalue weighted by Crippen LogP contribution is 1.88. The van der Waals surface area contributed by atoms with Gasteiger partial charge in [-0.2, -0.15) is 0 Å². The minimum Gasteiger partial charge on any atom is -0.315 e. The molecule has 0 bridgehead atoms. The molecule has 2 heteroatoms. The lowest BCUT2D eigenvalue weighted by molar-refractivity contribution is 0.299. The molecule has 0 atom stereocenters. The Bertz CT molecular complexity index is 60.3. The maximum absolute atomic E-state index is 3.57. The van der Waals surface area contributed by atoms with Gasteiger partial charge in [0.15, 0.2) is 0 Å². The number of rotatable bonds is 6. The Balaban J connectivity index is 3.09. The highest BCUT2D eigenvalue weighted by atomic mass is 15.1. The Morgan fingerprint density at radius 2 is 1.90 bits per heavy atom. The molecular formula is C8H19N2. The lowest BCUT2D eigenvalue weighted by Gasteiger charge is -2.17. The van der Waals surface area contributed by atoms with E-state index >= 15 is 0 Å². The van der Waals surface area contributed by atoms with Crippen LogP contribution in [0.4, 0.5) is 0 Å². The first kappa shape index (κ1) is 9.92. The monoisotopic (exact) mass is 143 g/mol. The third-order valence-corrected chi connectivity index (χ3v) is 1.72. The van der Waals surface area contributed by atoms with Gasteiger partial charge in [0.05, 0.1) is 0 Å². The van der Waals surface area contributed by atoms with Crippen LogP contribution in [0.5, 0.6) is 0 Å². The van der Waals surface area contributed by atoms with Gasteiger partial charge in [0.2, 0.25) is 0 Å². The van der Waals surface area contributed by atoms with Crippen molar-refractivity contribution in [2.45, 2.75) is 20.3 Å². The molecule has 10 heavy (non-hydrogen) atoms. The molecule has 0 heterocycles. The van der Waals surface area contributed by atoms with Crippen molar-refractivity contribution in [3.8, 4) is 0 Å². The molecule has 0 aromatic carbocycles. The lowest BCUT2D eigenvalue weighted by atomic mass is 10.4. The summed E-state index contributed by atoms with van der Waals surface area (Å²) in [7, 11) is 3.57. The Morgan fingerprint density at radius 3 is 2.30 bits per heavy atom. The van der Waals surface area contributed by atoms with Crippen LogP contribution in [-0.2, 0) is 0 Å². The fraction of sp³-hybridized carbons (Fsp3) is 0.875. The summed E-state index contributed by atoms with van der Waals surface area (Å²) in [5.41, 5.74) is 0. The Morgan fingerprint density at radius 1 is 1.30 bits per heavy atom. The number of hydrogen-bond acceptors (Lipinski definition) is 2. The predicted octanol–water partition coefficient (Wildman–Crippen LogP) is 1.10. The average molecular weight is 143 g/mol. The van der Waals surface area contributed by atoms with E-state index in [9.17, 15) is 0 Å². The van der Waals surface area contributed by atoms with Gasteiger partial charge in [-0.15, -0.1) is 0 Å². The molecule has 2 nitrogen and oxygen atoms in total. The fourth-order valence-electron chi connectivity index (χ4n) is 0.967. The maximum atomic E-state index is 3.57. The molecule has 0 aliphatic carbocycles. The van der Waals surface area contributed by atoms with Crippen LogP contribution in [0.2, 0.25) is 0 Å². The van der Waals surface area contributed by atoms with E-state index < -0.39 is 0 Å². The second kappa shape index (κ2) is 7.03. The Labute approximate surface area is 64.6 Å². The van der Waals surface area contributed by atoms with Gasteiger partial charge in [-0.3, -0.25) is 0 Å². The van der Waals surface area contributed by atoms with Crippen LogP contribution >= 0.6 is 0 Å². The van der Waals surface area contributed by atoms with Crippen molar-refractivity contribution in [1.82, 2.24) is 10.2 Å². The van der Waals surface area contributed by atoms with Gasteiger partial charge < -0.3 is 10.2 Å². The largest absolute Gasteiger partial charge is 0.315 e. The van der Waals surface area contributed by atoms with Crippen molar-refractivity contribution in [3.05, 3.63) is 7.05 Å². The van der Waals surface area contributed by atoms with E-state index in [1.165, 1.54) is 13.0 Å². The topological polar surface area (TPSA) is 15.3 Å². The third kappa shape index (κ3) is 4.77. The molecular weight excluding hydrogens is 124 g/mol. The first-order valence-corrected chi connectivity index (χ1v) is 4.07. The minimum absolute atomic E-state index is 1.02. The maximum Gasteiger partial charge on any atom is 0.00767 e. The second-order valence-electron chi connectivity index (χ2n) is 2.38. The number of hydrogen-bond donors (Lipinski definition) is 1. The Kier molecular flexibility index (Phi) is 6.98. The molecule has 1 N–H and O–H groups in total. The van der Waals surface area contributed by atoms with E-state index in [2.05, 4.69) is 31.1 Å². The fourth-order valence-corrected chi connectivity index (χ4v) is 0.967. The number of nitrogens with zero attached hydrogens (tertiary/aromatic N) is 1. The highest BCUT2D eigenvalue weighted by molar-refractivity contribution is 4.53. The standard InChI is InChI=1S/C8H19N2/c1-4-10(5-2)8-6-7-9-3/h9H,3-8H2,1-2H3. The summed E-state index contributed by atoms with van der Waals surface area (Å²) >= 11 is 0. The normalized spacial score (nSPS) is 10.8. The van der Waals surface area contributed by atoms with Crippen molar-refractivity contribution in [3.63, 3.8) is 0 Å². The van der Waals surface area contributed by atoms with E-state index in [1.54, 1.807) is 0 Å². The molecule has 0 amide bonds. The van der Waals surface area contributed by atoms with Crippen LogP contribution in [0.1, 0.15) is 20.3 Å². The van der Waals surface area contributed by atoms with Crippen LogP contribution in [0.15, 0.2) is 0 Å². The summed E-state index contributed by atoms with van der Waals surface area (Å²) in [5, 5.41) is 2.89. The average Bonchev–Trinajstić information content (AvgIpc) is 1.99. The van der Waals surface area contributed by atoms with Gasteiger partial charge in [-0.1, -0.05) is 13.8 Å². The van der Waals surface area contributed by atoms with Gasteiger partial charge in [0, 0.05) is 7.05 Å². The van der Waals surface area contributed by atoms with Gasteiger partial charge in [0.1, 0.15) is 0 Å². The number of nitrogens with one attached hydrogen (secondary N) is 1. The zero-order valence-corrected chi connectivity index (χ0v) is 7.19. The van der Waals surface area contributed by atoms with Crippen LogP contribution in [-0.4, -0.2) is 31.1 Å². The minimum atomic E-state index is 1.02. The van der Waals surface area contributed by atoms with Crippen molar-refractivity contribution in [2.24, 2.45) is 0 Å². The van der Waals surface area contributed by atoms with Gasteiger partial charge in [0.25, 0.3) is 0 Å². The summed E-state index contributed by atoms with van der Waals surface area (Å²) in [6, 6.07) is 0. The van der Waals surface area contributed by atoms with Crippen molar-refractivity contribution < 1.29 is 0 Å². The van der Waals surface area contributed by atoms with Crippen LogP contribution < -0.4 is 5.32 Å². The molecule has 0 aliphatic rings. The lowest BCUT2D eigenvalue weighted by Crippen LogP contribution is -2.25. The molecule has 1 radical (unpaired) electrons. The summed E-state index contributed by atoms with van der Waals surface area (Å²) in [5.74, 6) is 0.